The second kappa shape index (κ2) is 7.55. The Morgan fingerprint density at radius 2 is 2.05 bits per heavy atom. The Hall–Kier alpha value is -1.42. The van der Waals surface area contributed by atoms with Gasteiger partial charge in [-0.3, -0.25) is 4.79 Å². The number of ether oxygens (including phenoxy) is 2. The first-order valence-electron chi connectivity index (χ1n) is 7.26. The van der Waals surface area contributed by atoms with Gasteiger partial charge >= 0.3 is 0 Å². The first-order chi connectivity index (χ1) is 10.2. The molecular weight excluding hydrogens is 290 g/mol. The Balaban J connectivity index is 2.08. The van der Waals surface area contributed by atoms with Crippen LogP contribution >= 0.6 is 11.6 Å². The summed E-state index contributed by atoms with van der Waals surface area (Å²) in [4.78, 5) is 14.4. The van der Waals surface area contributed by atoms with Crippen molar-refractivity contribution in [3.63, 3.8) is 0 Å². The van der Waals surface area contributed by atoms with Crippen LogP contribution in [0.1, 0.15) is 24.8 Å². The van der Waals surface area contributed by atoms with E-state index in [0.717, 1.165) is 31.4 Å². The summed E-state index contributed by atoms with van der Waals surface area (Å²) in [7, 11) is 3.19. The summed E-state index contributed by atoms with van der Waals surface area (Å²) in [6, 6.07) is 5.76. The lowest BCUT2D eigenvalue weighted by molar-refractivity contribution is -0.133. The zero-order valence-corrected chi connectivity index (χ0v) is 13.4. The molecule has 1 aliphatic rings. The molecule has 0 N–H and O–H groups in total. The minimum atomic E-state index is 0.132. The van der Waals surface area contributed by atoms with Crippen LogP contribution in [0.25, 0.3) is 0 Å². The van der Waals surface area contributed by atoms with Crippen molar-refractivity contribution in [2.75, 3.05) is 26.6 Å². The van der Waals surface area contributed by atoms with Gasteiger partial charge in [-0.05, 0) is 37.0 Å². The smallest absolute Gasteiger partial charge is 0.227 e. The van der Waals surface area contributed by atoms with Crippen LogP contribution in [0.5, 0.6) is 11.5 Å². The third kappa shape index (κ3) is 3.82. The van der Waals surface area contributed by atoms with Crippen molar-refractivity contribution in [2.45, 2.75) is 31.7 Å². The van der Waals surface area contributed by atoms with Gasteiger partial charge in [-0.15, -0.1) is 11.6 Å². The van der Waals surface area contributed by atoms with Gasteiger partial charge in [-0.1, -0.05) is 6.07 Å². The van der Waals surface area contributed by atoms with Crippen molar-refractivity contribution in [1.82, 2.24) is 4.90 Å². The van der Waals surface area contributed by atoms with E-state index in [4.69, 9.17) is 21.1 Å². The van der Waals surface area contributed by atoms with Gasteiger partial charge in [0.1, 0.15) is 0 Å². The van der Waals surface area contributed by atoms with Gasteiger partial charge in [-0.25, -0.2) is 0 Å². The lowest BCUT2D eigenvalue weighted by Gasteiger charge is -2.34. The van der Waals surface area contributed by atoms with Crippen LogP contribution in [-0.2, 0) is 11.2 Å². The highest BCUT2D eigenvalue weighted by Gasteiger charge is 2.25. The fraction of sp³-hybridized carbons (Fsp3) is 0.562. The molecule has 1 aliphatic heterocycles. The predicted octanol–water partition coefficient (Wildman–Crippen LogP) is 2.87. The molecule has 21 heavy (non-hydrogen) atoms. The molecule has 2 rings (SSSR count). The number of hydrogen-bond acceptors (Lipinski definition) is 3. The highest BCUT2D eigenvalue weighted by atomic mass is 35.5. The van der Waals surface area contributed by atoms with Crippen molar-refractivity contribution < 1.29 is 14.3 Å². The molecule has 5 heteroatoms. The van der Waals surface area contributed by atoms with Crippen LogP contribution < -0.4 is 9.47 Å². The lowest BCUT2D eigenvalue weighted by atomic mass is 10.0. The number of rotatable bonds is 5. The summed E-state index contributed by atoms with van der Waals surface area (Å²) in [6.45, 7) is 0.809. The van der Waals surface area contributed by atoms with Gasteiger partial charge in [0.2, 0.25) is 5.91 Å². The number of hydrogen-bond donors (Lipinski definition) is 0. The summed E-state index contributed by atoms with van der Waals surface area (Å²) >= 11 is 5.98. The summed E-state index contributed by atoms with van der Waals surface area (Å²) < 4.78 is 10.5. The lowest BCUT2D eigenvalue weighted by Crippen LogP contribution is -2.45. The van der Waals surface area contributed by atoms with Crippen LogP contribution in [0.3, 0.4) is 0 Å². The van der Waals surface area contributed by atoms with Crippen molar-refractivity contribution >= 4 is 17.5 Å². The normalized spacial score (nSPS) is 18.4. The standard InChI is InChI=1S/C16H22ClNO3/c1-20-14-7-6-12(9-15(14)21-2)10-16(19)18-8-4-3-5-13(18)11-17/h6-7,9,13H,3-5,8,10-11H2,1-2H3. The molecule has 1 amide bonds. The number of nitrogens with zero attached hydrogens (tertiary/aromatic N) is 1. The largest absolute Gasteiger partial charge is 0.493 e. The Kier molecular flexibility index (Phi) is 5.74. The molecule has 1 saturated heterocycles. The second-order valence-electron chi connectivity index (χ2n) is 5.26. The fourth-order valence-electron chi connectivity index (χ4n) is 2.76. The third-order valence-electron chi connectivity index (χ3n) is 3.93. The molecule has 1 aromatic rings. The molecule has 0 aliphatic carbocycles. The maximum Gasteiger partial charge on any atom is 0.227 e. The molecule has 0 aromatic heterocycles. The number of halogens is 1. The van der Waals surface area contributed by atoms with Gasteiger partial charge in [0.25, 0.3) is 0 Å². The molecular formula is C16H22ClNO3. The minimum absolute atomic E-state index is 0.132. The number of carbonyl (C=O) groups excluding carboxylic acids is 1. The maximum absolute atomic E-state index is 12.5. The summed E-state index contributed by atoms with van der Waals surface area (Å²) in [5.74, 6) is 1.96. The van der Waals surface area contributed by atoms with Crippen LogP contribution in [0.4, 0.5) is 0 Å². The van der Waals surface area contributed by atoms with E-state index >= 15 is 0 Å². The zero-order chi connectivity index (χ0) is 15.2. The highest BCUT2D eigenvalue weighted by molar-refractivity contribution is 6.18. The van der Waals surface area contributed by atoms with E-state index in [1.165, 1.54) is 0 Å². The number of methoxy groups -OCH3 is 2. The highest BCUT2D eigenvalue weighted by Crippen LogP contribution is 2.28. The Morgan fingerprint density at radius 1 is 1.29 bits per heavy atom. The second-order valence-corrected chi connectivity index (χ2v) is 5.57. The quantitative estimate of drug-likeness (QED) is 0.785. The van der Waals surface area contributed by atoms with E-state index in [2.05, 4.69) is 0 Å². The molecule has 1 heterocycles. The van der Waals surface area contributed by atoms with E-state index in [1.54, 1.807) is 14.2 Å². The number of benzene rings is 1. The maximum atomic E-state index is 12.5. The number of carbonyl (C=O) groups is 1. The topological polar surface area (TPSA) is 38.8 Å². The predicted molar refractivity (Wildman–Crippen MR) is 83.3 cm³/mol. The van der Waals surface area contributed by atoms with E-state index in [9.17, 15) is 4.79 Å². The Morgan fingerprint density at radius 3 is 2.71 bits per heavy atom. The van der Waals surface area contributed by atoms with Crippen molar-refractivity contribution in [3.05, 3.63) is 23.8 Å². The number of piperidine rings is 1. The Bertz CT molecular complexity index is 492. The first kappa shape index (κ1) is 16.0. The molecule has 1 atom stereocenters. The Labute approximate surface area is 131 Å². The average molecular weight is 312 g/mol. The number of alkyl halides is 1. The molecule has 0 radical (unpaired) electrons. The molecule has 1 fully saturated rings. The van der Waals surface area contributed by atoms with E-state index in [-0.39, 0.29) is 11.9 Å². The van der Waals surface area contributed by atoms with Gasteiger partial charge in [-0.2, -0.15) is 0 Å². The van der Waals surface area contributed by atoms with Crippen LogP contribution in [0, 0.1) is 0 Å². The molecule has 0 saturated carbocycles. The average Bonchev–Trinajstić information content (AvgIpc) is 2.54. The van der Waals surface area contributed by atoms with Gasteiger partial charge in [0.05, 0.1) is 20.6 Å². The van der Waals surface area contributed by atoms with E-state index in [1.807, 2.05) is 23.1 Å². The molecule has 0 spiro atoms. The van der Waals surface area contributed by atoms with E-state index in [0.29, 0.717) is 23.8 Å². The summed E-state index contributed by atoms with van der Waals surface area (Å²) in [6.07, 6.45) is 3.58. The van der Waals surface area contributed by atoms with E-state index < -0.39 is 0 Å². The monoisotopic (exact) mass is 311 g/mol. The summed E-state index contributed by atoms with van der Waals surface area (Å²) in [5.41, 5.74) is 0.927. The number of likely N-dealkylation sites (tertiary alicyclic amines) is 1. The number of amides is 1. The molecule has 4 nitrogen and oxygen atoms in total. The molecule has 1 unspecified atom stereocenters. The van der Waals surface area contributed by atoms with Crippen LogP contribution in [0.2, 0.25) is 0 Å². The van der Waals surface area contributed by atoms with Gasteiger partial charge in [0.15, 0.2) is 11.5 Å². The first-order valence-corrected chi connectivity index (χ1v) is 7.79. The van der Waals surface area contributed by atoms with Crippen molar-refractivity contribution in [3.8, 4) is 11.5 Å². The van der Waals surface area contributed by atoms with Crippen molar-refractivity contribution in [2.24, 2.45) is 0 Å². The summed E-state index contributed by atoms with van der Waals surface area (Å²) in [5, 5.41) is 0. The zero-order valence-electron chi connectivity index (χ0n) is 12.6. The molecule has 0 bridgehead atoms. The van der Waals surface area contributed by atoms with Gasteiger partial charge < -0.3 is 14.4 Å². The van der Waals surface area contributed by atoms with Gasteiger partial charge in [0, 0.05) is 18.5 Å². The molecule has 116 valence electrons. The van der Waals surface area contributed by atoms with Crippen LogP contribution in [-0.4, -0.2) is 43.5 Å². The minimum Gasteiger partial charge on any atom is -0.493 e. The SMILES string of the molecule is COc1ccc(CC(=O)N2CCCCC2CCl)cc1OC. The third-order valence-corrected chi connectivity index (χ3v) is 4.29. The fourth-order valence-corrected chi connectivity index (χ4v) is 3.08. The van der Waals surface area contributed by atoms with Crippen molar-refractivity contribution in [1.29, 1.82) is 0 Å². The van der Waals surface area contributed by atoms with Crippen LogP contribution in [0.15, 0.2) is 18.2 Å². The molecule has 1 aromatic carbocycles.